The van der Waals surface area contributed by atoms with Crippen molar-refractivity contribution in [2.45, 2.75) is 13.8 Å². The molecule has 1 aliphatic rings. The van der Waals surface area contributed by atoms with E-state index in [-0.39, 0.29) is 11.7 Å². The molecule has 0 fully saturated rings. The topological polar surface area (TPSA) is 54.5 Å². The van der Waals surface area contributed by atoms with Crippen molar-refractivity contribution in [1.82, 2.24) is 0 Å². The maximum atomic E-state index is 12.7. The van der Waals surface area contributed by atoms with E-state index >= 15 is 0 Å². The lowest BCUT2D eigenvalue weighted by molar-refractivity contribution is -0.122. The number of fused-ring (bicyclic) bond motifs is 1. The van der Waals surface area contributed by atoms with Crippen LogP contribution in [-0.4, -0.2) is 17.6 Å². The quantitative estimate of drug-likeness (QED) is 0.632. The molecule has 0 radical (unpaired) electrons. The number of carbonyl (C=O) groups is 3. The molecule has 3 rings (SSSR count). The van der Waals surface area contributed by atoms with E-state index in [2.05, 4.69) is 0 Å². The molecular formula is C19H15NO3. The maximum Gasteiger partial charge on any atom is 0.266 e. The highest BCUT2D eigenvalue weighted by Gasteiger charge is 2.37. The van der Waals surface area contributed by atoms with Crippen LogP contribution in [0.5, 0.6) is 0 Å². The molecule has 1 heterocycles. The second kappa shape index (κ2) is 5.65. The van der Waals surface area contributed by atoms with Gasteiger partial charge in [0.2, 0.25) is 5.91 Å². The normalized spacial score (nSPS) is 15.4. The van der Waals surface area contributed by atoms with Crippen LogP contribution in [0.25, 0.3) is 5.57 Å². The predicted molar refractivity (Wildman–Crippen MR) is 88.0 cm³/mol. The zero-order chi connectivity index (χ0) is 16.6. The molecule has 0 atom stereocenters. The van der Waals surface area contributed by atoms with Gasteiger partial charge in [0.1, 0.15) is 0 Å². The Balaban J connectivity index is 2.17. The summed E-state index contributed by atoms with van der Waals surface area (Å²) in [6, 6.07) is 15.8. The van der Waals surface area contributed by atoms with Crippen LogP contribution in [-0.2, 0) is 9.59 Å². The van der Waals surface area contributed by atoms with Crippen molar-refractivity contribution in [2.24, 2.45) is 0 Å². The number of ketones is 1. The molecule has 0 N–H and O–H groups in total. The van der Waals surface area contributed by atoms with Crippen molar-refractivity contribution in [2.75, 3.05) is 4.90 Å². The second-order valence-electron chi connectivity index (χ2n) is 5.37. The van der Waals surface area contributed by atoms with E-state index in [0.29, 0.717) is 28.0 Å². The number of anilines is 1. The van der Waals surface area contributed by atoms with E-state index in [1.165, 1.54) is 6.92 Å². The van der Waals surface area contributed by atoms with Crippen molar-refractivity contribution in [3.63, 3.8) is 0 Å². The van der Waals surface area contributed by atoms with Gasteiger partial charge in [-0.1, -0.05) is 48.5 Å². The van der Waals surface area contributed by atoms with Gasteiger partial charge in [-0.05, 0) is 13.0 Å². The average Bonchev–Trinajstić information content (AvgIpc) is 2.86. The summed E-state index contributed by atoms with van der Waals surface area (Å²) < 4.78 is 0. The van der Waals surface area contributed by atoms with Gasteiger partial charge in [-0.2, -0.15) is 0 Å². The standard InChI is InChI=1S/C19H15NO3/c1-12(18(22)14-8-4-3-5-9-14)17-15-10-6-7-11-16(15)20(13(2)21)19(17)23/h3-11H,1-2H3/b17-12+. The Bertz CT molecular complexity index is 850. The maximum absolute atomic E-state index is 12.7. The van der Waals surface area contributed by atoms with Crippen LogP contribution < -0.4 is 4.90 Å². The molecule has 2 amide bonds. The zero-order valence-electron chi connectivity index (χ0n) is 12.9. The van der Waals surface area contributed by atoms with Gasteiger partial charge in [-0.3, -0.25) is 14.4 Å². The molecule has 0 bridgehead atoms. The Labute approximate surface area is 134 Å². The summed E-state index contributed by atoms with van der Waals surface area (Å²) in [6.07, 6.45) is 0. The first-order chi connectivity index (χ1) is 11.0. The largest absolute Gasteiger partial charge is 0.289 e. The molecule has 0 saturated heterocycles. The third-order valence-electron chi connectivity index (χ3n) is 3.90. The number of allylic oxidation sites excluding steroid dienone is 1. The number of hydrogen-bond donors (Lipinski definition) is 0. The van der Waals surface area contributed by atoms with E-state index in [1.807, 2.05) is 6.07 Å². The number of benzene rings is 2. The highest BCUT2D eigenvalue weighted by atomic mass is 16.2. The predicted octanol–water partition coefficient (Wildman–Crippen LogP) is 3.24. The van der Waals surface area contributed by atoms with Crippen LogP contribution in [0, 0.1) is 0 Å². The average molecular weight is 305 g/mol. The van der Waals surface area contributed by atoms with Gasteiger partial charge in [-0.25, -0.2) is 4.90 Å². The molecule has 4 heteroatoms. The summed E-state index contributed by atoms with van der Waals surface area (Å²) >= 11 is 0. The minimum Gasteiger partial charge on any atom is -0.289 e. The van der Waals surface area contributed by atoms with Crippen LogP contribution in [0.2, 0.25) is 0 Å². The van der Waals surface area contributed by atoms with Crippen molar-refractivity contribution >= 4 is 28.9 Å². The van der Waals surface area contributed by atoms with Crippen LogP contribution in [0.15, 0.2) is 60.2 Å². The number of amides is 2. The lowest BCUT2D eigenvalue weighted by Gasteiger charge is -2.11. The van der Waals surface area contributed by atoms with Crippen LogP contribution in [0.4, 0.5) is 5.69 Å². The summed E-state index contributed by atoms with van der Waals surface area (Å²) in [5.74, 6) is -1.02. The first-order valence-electron chi connectivity index (χ1n) is 7.27. The summed E-state index contributed by atoms with van der Waals surface area (Å²) in [7, 11) is 0. The zero-order valence-corrected chi connectivity index (χ0v) is 12.9. The van der Waals surface area contributed by atoms with Crippen molar-refractivity contribution in [3.05, 3.63) is 71.3 Å². The number of hydrogen-bond acceptors (Lipinski definition) is 3. The molecule has 2 aromatic carbocycles. The first-order valence-corrected chi connectivity index (χ1v) is 7.27. The van der Waals surface area contributed by atoms with E-state index in [4.69, 9.17) is 0 Å². The summed E-state index contributed by atoms with van der Waals surface area (Å²) in [5.41, 5.74) is 2.31. The fraction of sp³-hybridized carbons (Fsp3) is 0.105. The Morgan fingerprint density at radius 2 is 1.48 bits per heavy atom. The molecule has 0 aromatic heterocycles. The lowest BCUT2D eigenvalue weighted by atomic mass is 9.96. The Morgan fingerprint density at radius 3 is 2.13 bits per heavy atom. The third kappa shape index (κ3) is 2.38. The molecule has 0 unspecified atom stereocenters. The van der Waals surface area contributed by atoms with Crippen LogP contribution in [0.1, 0.15) is 29.8 Å². The van der Waals surface area contributed by atoms with Gasteiger partial charge in [0.05, 0.1) is 11.3 Å². The number of carbonyl (C=O) groups excluding carboxylic acids is 3. The molecular weight excluding hydrogens is 290 g/mol. The minimum atomic E-state index is -0.444. The smallest absolute Gasteiger partial charge is 0.266 e. The highest BCUT2D eigenvalue weighted by molar-refractivity contribution is 6.42. The minimum absolute atomic E-state index is 0.214. The van der Waals surface area contributed by atoms with Crippen LogP contribution >= 0.6 is 0 Å². The van der Waals surface area contributed by atoms with Gasteiger partial charge < -0.3 is 0 Å². The summed E-state index contributed by atoms with van der Waals surface area (Å²) in [6.45, 7) is 2.97. The number of Topliss-reactive ketones (excluding diaryl/α,β-unsaturated/α-hetero) is 1. The van der Waals surface area contributed by atoms with E-state index in [0.717, 1.165) is 4.90 Å². The van der Waals surface area contributed by atoms with E-state index in [9.17, 15) is 14.4 Å². The number of nitrogens with zero attached hydrogens (tertiary/aromatic N) is 1. The molecule has 2 aromatic rings. The molecule has 114 valence electrons. The molecule has 23 heavy (non-hydrogen) atoms. The number of para-hydroxylation sites is 1. The molecule has 4 nitrogen and oxygen atoms in total. The van der Waals surface area contributed by atoms with Gasteiger partial charge in [0.25, 0.3) is 5.91 Å². The van der Waals surface area contributed by atoms with Gasteiger partial charge in [0.15, 0.2) is 5.78 Å². The molecule has 0 aliphatic carbocycles. The number of rotatable bonds is 2. The van der Waals surface area contributed by atoms with Gasteiger partial charge >= 0.3 is 0 Å². The first kappa shape index (κ1) is 14.9. The number of imide groups is 1. The lowest BCUT2D eigenvalue weighted by Crippen LogP contribution is -2.31. The highest BCUT2D eigenvalue weighted by Crippen LogP contribution is 2.38. The fourth-order valence-corrected chi connectivity index (χ4v) is 2.81. The van der Waals surface area contributed by atoms with E-state index in [1.54, 1.807) is 55.5 Å². The molecule has 1 aliphatic heterocycles. The summed E-state index contributed by atoms with van der Waals surface area (Å²) in [4.78, 5) is 38.3. The van der Waals surface area contributed by atoms with Crippen molar-refractivity contribution in [3.8, 4) is 0 Å². The molecule has 0 spiro atoms. The third-order valence-corrected chi connectivity index (χ3v) is 3.90. The van der Waals surface area contributed by atoms with E-state index < -0.39 is 5.91 Å². The van der Waals surface area contributed by atoms with Gasteiger partial charge in [-0.15, -0.1) is 0 Å². The fourth-order valence-electron chi connectivity index (χ4n) is 2.81. The second-order valence-corrected chi connectivity index (χ2v) is 5.37. The Morgan fingerprint density at radius 1 is 0.870 bits per heavy atom. The Hall–Kier alpha value is -3.01. The van der Waals surface area contributed by atoms with Crippen molar-refractivity contribution in [1.29, 1.82) is 0 Å². The van der Waals surface area contributed by atoms with Crippen molar-refractivity contribution < 1.29 is 14.4 Å². The summed E-state index contributed by atoms with van der Waals surface area (Å²) in [5, 5.41) is 0. The molecule has 0 saturated carbocycles. The van der Waals surface area contributed by atoms with Crippen LogP contribution in [0.3, 0.4) is 0 Å². The van der Waals surface area contributed by atoms with Gasteiger partial charge in [0, 0.05) is 23.6 Å². The monoisotopic (exact) mass is 305 g/mol. The SMILES string of the molecule is CC(=O)N1C(=O)/C(=C(\C)C(=O)c2ccccc2)c2ccccc21. The Kier molecular flexibility index (Phi) is 3.66.